The summed E-state index contributed by atoms with van der Waals surface area (Å²) in [6.07, 6.45) is -2.22. The number of nitrogens with zero attached hydrogens (tertiary/aromatic N) is 4. The fourth-order valence-corrected chi connectivity index (χ4v) is 5.77. The number of aromatic nitrogens is 2. The lowest BCUT2D eigenvalue weighted by Gasteiger charge is -2.42. The number of ether oxygens (including phenoxy) is 1. The van der Waals surface area contributed by atoms with Crippen LogP contribution in [-0.4, -0.2) is 54.5 Å². The highest BCUT2D eigenvalue weighted by Crippen LogP contribution is 2.42. The number of fused-ring (bicyclic) bond motifs is 4. The molecule has 1 amide bonds. The highest BCUT2D eigenvalue weighted by atomic mass is 19.4. The number of halogens is 4. The third-order valence-corrected chi connectivity index (χ3v) is 7.70. The Morgan fingerprint density at radius 1 is 1.07 bits per heavy atom. The molecule has 40 heavy (non-hydrogen) atoms. The van der Waals surface area contributed by atoms with E-state index in [2.05, 4.69) is 20.5 Å². The van der Waals surface area contributed by atoms with Gasteiger partial charge in [0.25, 0.3) is 0 Å². The molecule has 2 fully saturated rings. The van der Waals surface area contributed by atoms with E-state index in [0.717, 1.165) is 49.7 Å². The SMILES string of the molecule is O=C(Nc1ccc(F)cn1)Oc1cccc(C2CC(C(F)(F)F)CN(c3ccc4c(n3)N[C@H]3CCCN4C3)C2)c1. The molecular weight excluding hydrogens is 528 g/mol. The van der Waals surface area contributed by atoms with Crippen LogP contribution in [0, 0.1) is 11.7 Å². The van der Waals surface area contributed by atoms with Crippen LogP contribution in [0.25, 0.3) is 0 Å². The van der Waals surface area contributed by atoms with Crippen molar-refractivity contribution in [1.82, 2.24) is 9.97 Å². The molecule has 3 atom stereocenters. The summed E-state index contributed by atoms with van der Waals surface area (Å²) in [5.41, 5.74) is 1.61. The number of anilines is 4. The normalized spacial score (nSPS) is 22.2. The zero-order valence-corrected chi connectivity index (χ0v) is 21.5. The monoisotopic (exact) mass is 556 g/mol. The summed E-state index contributed by atoms with van der Waals surface area (Å²) in [6.45, 7) is 2.01. The number of carbonyl (C=O) groups excluding carboxylic acids is 1. The van der Waals surface area contributed by atoms with Gasteiger partial charge in [-0.2, -0.15) is 13.2 Å². The number of hydrogen-bond acceptors (Lipinski definition) is 7. The van der Waals surface area contributed by atoms with Crippen LogP contribution in [0.3, 0.4) is 0 Å². The number of alkyl halides is 3. The molecule has 2 saturated heterocycles. The second kappa shape index (κ2) is 10.5. The first-order valence-electron chi connectivity index (χ1n) is 13.3. The number of nitrogens with one attached hydrogen (secondary N) is 2. The number of hydrogen-bond donors (Lipinski definition) is 2. The minimum absolute atomic E-state index is 0.0891. The number of pyridine rings is 2. The van der Waals surface area contributed by atoms with Crippen LogP contribution in [0.15, 0.2) is 54.7 Å². The van der Waals surface area contributed by atoms with E-state index in [1.54, 1.807) is 35.2 Å². The molecule has 2 N–H and O–H groups in total. The maximum Gasteiger partial charge on any atom is 0.418 e. The minimum Gasteiger partial charge on any atom is -0.410 e. The summed E-state index contributed by atoms with van der Waals surface area (Å²) in [5.74, 6) is -1.06. The molecule has 3 aromatic rings. The van der Waals surface area contributed by atoms with Gasteiger partial charge in [-0.3, -0.25) is 5.32 Å². The van der Waals surface area contributed by atoms with Crippen molar-refractivity contribution in [2.75, 3.05) is 46.6 Å². The fourth-order valence-electron chi connectivity index (χ4n) is 5.77. The molecule has 0 radical (unpaired) electrons. The van der Waals surface area contributed by atoms with Crippen LogP contribution in [0.4, 0.5) is 45.5 Å². The number of amides is 1. The Kier molecular flexibility index (Phi) is 6.85. The van der Waals surface area contributed by atoms with Crippen molar-refractivity contribution in [1.29, 1.82) is 0 Å². The lowest BCUT2D eigenvalue weighted by atomic mass is 9.84. The summed E-state index contributed by atoms with van der Waals surface area (Å²) in [6, 6.07) is 13.0. The van der Waals surface area contributed by atoms with Gasteiger partial charge in [0.1, 0.15) is 23.2 Å². The van der Waals surface area contributed by atoms with E-state index in [0.29, 0.717) is 24.0 Å². The van der Waals surface area contributed by atoms with Crippen molar-refractivity contribution in [3.05, 3.63) is 66.1 Å². The number of benzene rings is 1. The Bertz CT molecular complexity index is 1390. The third kappa shape index (κ3) is 5.61. The van der Waals surface area contributed by atoms with Crippen LogP contribution in [0.1, 0.15) is 30.7 Å². The van der Waals surface area contributed by atoms with E-state index in [1.807, 2.05) is 6.07 Å². The number of piperidine rings is 2. The van der Waals surface area contributed by atoms with E-state index in [9.17, 15) is 22.4 Å². The molecule has 8 nitrogen and oxygen atoms in total. The quantitative estimate of drug-likeness (QED) is 0.394. The van der Waals surface area contributed by atoms with Crippen LogP contribution >= 0.6 is 0 Å². The van der Waals surface area contributed by atoms with Crippen LogP contribution in [0.5, 0.6) is 5.75 Å². The first kappa shape index (κ1) is 26.1. The highest BCUT2D eigenvalue weighted by Gasteiger charge is 2.45. The van der Waals surface area contributed by atoms with Crippen molar-refractivity contribution in [3.8, 4) is 5.75 Å². The summed E-state index contributed by atoms with van der Waals surface area (Å²) < 4.78 is 60.6. The van der Waals surface area contributed by atoms with Crippen molar-refractivity contribution in [2.45, 2.75) is 37.4 Å². The van der Waals surface area contributed by atoms with Crippen LogP contribution in [0.2, 0.25) is 0 Å². The molecule has 2 bridgehead atoms. The van der Waals surface area contributed by atoms with Gasteiger partial charge < -0.3 is 19.9 Å². The molecule has 6 rings (SSSR count). The maximum atomic E-state index is 14.1. The topological polar surface area (TPSA) is 82.6 Å². The number of carbonyl (C=O) groups is 1. The standard InChI is InChI=1S/C28H28F4N6O2/c29-20-6-8-24(33-13-20)35-27(39)40-22-5-1-3-17(12-22)18-11-19(28(30,31)32)15-38(14-18)25-9-7-23-26(36-25)34-21-4-2-10-37(23)16-21/h1,3,5-9,12-13,18-19,21H,2,4,10-11,14-16H2,(H,34,36)(H,33,35,39)/t18?,19?,21-/m0/s1. The van der Waals surface area contributed by atoms with Crippen molar-refractivity contribution >= 4 is 29.2 Å². The van der Waals surface area contributed by atoms with Gasteiger partial charge in [-0.1, -0.05) is 12.1 Å². The van der Waals surface area contributed by atoms with Gasteiger partial charge in [-0.25, -0.2) is 19.2 Å². The van der Waals surface area contributed by atoms with Gasteiger partial charge in [0, 0.05) is 38.1 Å². The smallest absolute Gasteiger partial charge is 0.410 e. The Morgan fingerprint density at radius 3 is 2.75 bits per heavy atom. The Hall–Kier alpha value is -4.09. The van der Waals surface area contributed by atoms with Crippen LogP contribution < -0.4 is 25.2 Å². The molecular formula is C28H28F4N6O2. The molecule has 5 heterocycles. The molecule has 0 saturated carbocycles. The van der Waals surface area contributed by atoms with Gasteiger partial charge in [-0.05, 0) is 61.2 Å². The average molecular weight is 557 g/mol. The van der Waals surface area contributed by atoms with Gasteiger partial charge in [-0.15, -0.1) is 0 Å². The molecule has 2 aromatic heterocycles. The van der Waals surface area contributed by atoms with Crippen molar-refractivity contribution in [2.24, 2.45) is 5.92 Å². The predicted octanol–water partition coefficient (Wildman–Crippen LogP) is 5.79. The summed E-state index contributed by atoms with van der Waals surface area (Å²) in [4.78, 5) is 24.8. The first-order valence-corrected chi connectivity index (χ1v) is 13.3. The first-order chi connectivity index (χ1) is 19.2. The largest absolute Gasteiger partial charge is 0.418 e. The highest BCUT2D eigenvalue weighted by molar-refractivity contribution is 5.85. The second-order valence-electron chi connectivity index (χ2n) is 10.5. The molecule has 210 valence electrons. The summed E-state index contributed by atoms with van der Waals surface area (Å²) >= 11 is 0. The molecule has 2 unspecified atom stereocenters. The molecule has 1 aromatic carbocycles. The molecule has 12 heteroatoms. The van der Waals surface area contributed by atoms with E-state index in [4.69, 9.17) is 9.72 Å². The Morgan fingerprint density at radius 2 is 1.95 bits per heavy atom. The Balaban J connectivity index is 1.21. The predicted molar refractivity (Wildman–Crippen MR) is 142 cm³/mol. The lowest BCUT2D eigenvalue weighted by Crippen LogP contribution is -2.47. The minimum atomic E-state index is -4.37. The summed E-state index contributed by atoms with van der Waals surface area (Å²) in [5, 5.41) is 5.86. The van der Waals surface area contributed by atoms with E-state index < -0.39 is 29.9 Å². The van der Waals surface area contributed by atoms with Gasteiger partial charge in [0.05, 0.1) is 17.8 Å². The second-order valence-corrected chi connectivity index (χ2v) is 10.5. The average Bonchev–Trinajstić information content (AvgIpc) is 2.93. The fraction of sp³-hybridized carbons (Fsp3) is 0.393. The van der Waals surface area contributed by atoms with Gasteiger partial charge >= 0.3 is 12.3 Å². The third-order valence-electron chi connectivity index (χ3n) is 7.70. The van der Waals surface area contributed by atoms with Crippen molar-refractivity contribution < 1.29 is 27.1 Å². The van der Waals surface area contributed by atoms with Gasteiger partial charge in [0.2, 0.25) is 0 Å². The van der Waals surface area contributed by atoms with E-state index >= 15 is 0 Å². The lowest BCUT2D eigenvalue weighted by molar-refractivity contribution is -0.177. The molecule has 0 aliphatic carbocycles. The van der Waals surface area contributed by atoms with Gasteiger partial charge in [0.15, 0.2) is 5.82 Å². The van der Waals surface area contributed by atoms with E-state index in [1.165, 1.54) is 6.07 Å². The molecule has 0 spiro atoms. The zero-order chi connectivity index (χ0) is 27.9. The van der Waals surface area contributed by atoms with Crippen molar-refractivity contribution in [3.63, 3.8) is 0 Å². The maximum absolute atomic E-state index is 14.1. The van der Waals surface area contributed by atoms with Crippen LogP contribution in [-0.2, 0) is 0 Å². The number of rotatable bonds is 4. The molecule has 3 aliphatic rings. The zero-order valence-electron chi connectivity index (χ0n) is 21.5. The summed E-state index contributed by atoms with van der Waals surface area (Å²) in [7, 11) is 0. The molecule has 3 aliphatic heterocycles. The van der Waals surface area contributed by atoms with E-state index in [-0.39, 0.29) is 24.5 Å². The Labute approximate surface area is 228 Å².